The van der Waals surface area contributed by atoms with Gasteiger partial charge in [-0.3, -0.25) is 10.1 Å². The predicted molar refractivity (Wildman–Crippen MR) is 52.3 cm³/mol. The Morgan fingerprint density at radius 1 is 1.50 bits per heavy atom. The summed E-state index contributed by atoms with van der Waals surface area (Å²) in [4.78, 5) is 20.0. The molecule has 1 aromatic rings. The number of nitrogens with zero attached hydrogens (tertiary/aromatic N) is 1. The van der Waals surface area contributed by atoms with Crippen molar-refractivity contribution in [2.45, 2.75) is 6.42 Å². The van der Waals surface area contributed by atoms with E-state index in [0.29, 0.717) is 18.7 Å². The monoisotopic (exact) mass is 194 g/mol. The Morgan fingerprint density at radius 2 is 2.29 bits per heavy atom. The van der Waals surface area contributed by atoms with Crippen LogP contribution in [0.4, 0.5) is 11.4 Å². The van der Waals surface area contributed by atoms with Crippen LogP contribution in [0.5, 0.6) is 0 Å². The van der Waals surface area contributed by atoms with Crippen LogP contribution in [0.3, 0.4) is 0 Å². The van der Waals surface area contributed by atoms with Crippen molar-refractivity contribution < 1.29 is 9.72 Å². The average molecular weight is 194 g/mol. The molecular weight excluding hydrogens is 184 g/mol. The number of nitrogens with one attached hydrogen (secondary N) is 1. The standard InChI is InChI=1S/C9H10N2O3/c12-6-2-5-10-8-3-1-4-9(7-8)11(13)14/h1,3-4,6-7,10H,2,5H2. The lowest BCUT2D eigenvalue weighted by molar-refractivity contribution is -0.384. The molecule has 5 heteroatoms. The lowest BCUT2D eigenvalue weighted by Crippen LogP contribution is -2.01. The Kier molecular flexibility index (Phi) is 3.60. The first-order valence-electron chi connectivity index (χ1n) is 4.16. The van der Waals surface area contributed by atoms with Crippen molar-refractivity contribution in [1.29, 1.82) is 0 Å². The Hall–Kier alpha value is -1.91. The van der Waals surface area contributed by atoms with E-state index < -0.39 is 4.92 Å². The number of benzene rings is 1. The van der Waals surface area contributed by atoms with Gasteiger partial charge in [0.15, 0.2) is 0 Å². The van der Waals surface area contributed by atoms with Gasteiger partial charge >= 0.3 is 0 Å². The molecule has 0 spiro atoms. The van der Waals surface area contributed by atoms with E-state index in [1.54, 1.807) is 12.1 Å². The molecule has 0 saturated heterocycles. The van der Waals surface area contributed by atoms with Crippen LogP contribution in [0.1, 0.15) is 6.42 Å². The maximum atomic E-state index is 10.4. The van der Waals surface area contributed by atoms with Crippen LogP contribution in [0, 0.1) is 10.1 Å². The van der Waals surface area contributed by atoms with E-state index >= 15 is 0 Å². The van der Waals surface area contributed by atoms with Gasteiger partial charge in [0.05, 0.1) is 4.92 Å². The molecule has 0 unspecified atom stereocenters. The first kappa shape index (κ1) is 10.2. The highest BCUT2D eigenvalue weighted by atomic mass is 16.6. The first-order chi connectivity index (χ1) is 6.74. The highest BCUT2D eigenvalue weighted by Crippen LogP contribution is 2.16. The average Bonchev–Trinajstić information content (AvgIpc) is 2.19. The summed E-state index contributed by atoms with van der Waals surface area (Å²) in [5.74, 6) is 0. The van der Waals surface area contributed by atoms with Crippen LogP contribution in [0.15, 0.2) is 24.3 Å². The van der Waals surface area contributed by atoms with Gasteiger partial charge in [0.2, 0.25) is 0 Å². The fourth-order valence-corrected chi connectivity index (χ4v) is 1.00. The van der Waals surface area contributed by atoms with Crippen molar-refractivity contribution in [2.24, 2.45) is 0 Å². The molecule has 0 heterocycles. The summed E-state index contributed by atoms with van der Waals surface area (Å²) in [5, 5.41) is 13.3. The lowest BCUT2D eigenvalue weighted by atomic mass is 10.3. The number of carbonyl (C=O) groups excluding carboxylic acids is 1. The molecule has 1 N–H and O–H groups in total. The number of anilines is 1. The third-order valence-corrected chi connectivity index (χ3v) is 1.65. The van der Waals surface area contributed by atoms with Gasteiger partial charge in [0.25, 0.3) is 5.69 Å². The maximum Gasteiger partial charge on any atom is 0.271 e. The van der Waals surface area contributed by atoms with Gasteiger partial charge in [-0.2, -0.15) is 0 Å². The third kappa shape index (κ3) is 2.85. The van der Waals surface area contributed by atoms with Crippen LogP contribution in [-0.4, -0.2) is 17.8 Å². The SMILES string of the molecule is O=CCCNc1cccc([N+](=O)[O-])c1. The quantitative estimate of drug-likeness (QED) is 0.334. The normalized spacial score (nSPS) is 9.43. The zero-order chi connectivity index (χ0) is 10.4. The highest BCUT2D eigenvalue weighted by Gasteiger charge is 2.04. The summed E-state index contributed by atoms with van der Waals surface area (Å²) in [7, 11) is 0. The van der Waals surface area contributed by atoms with E-state index in [0.717, 1.165) is 6.29 Å². The first-order valence-corrected chi connectivity index (χ1v) is 4.16. The lowest BCUT2D eigenvalue weighted by Gasteiger charge is -2.02. The number of non-ortho nitro benzene ring substituents is 1. The van der Waals surface area contributed by atoms with Gasteiger partial charge in [-0.15, -0.1) is 0 Å². The minimum Gasteiger partial charge on any atom is -0.384 e. The Balaban J connectivity index is 2.63. The molecule has 0 aliphatic heterocycles. The van der Waals surface area contributed by atoms with Crippen LogP contribution in [0.2, 0.25) is 0 Å². The van der Waals surface area contributed by atoms with Crippen LogP contribution < -0.4 is 5.32 Å². The highest BCUT2D eigenvalue weighted by molar-refractivity contribution is 5.54. The summed E-state index contributed by atoms with van der Waals surface area (Å²) >= 11 is 0. The number of carbonyl (C=O) groups is 1. The zero-order valence-corrected chi connectivity index (χ0v) is 7.47. The zero-order valence-electron chi connectivity index (χ0n) is 7.47. The predicted octanol–water partition coefficient (Wildman–Crippen LogP) is 1.60. The topological polar surface area (TPSA) is 72.2 Å². The van der Waals surface area contributed by atoms with Gasteiger partial charge in [-0.1, -0.05) is 6.07 Å². The maximum absolute atomic E-state index is 10.4. The number of aldehydes is 1. The summed E-state index contributed by atoms with van der Waals surface area (Å²) in [5.41, 5.74) is 0.696. The van der Waals surface area contributed by atoms with Gasteiger partial charge in [0, 0.05) is 30.8 Å². The van der Waals surface area contributed by atoms with Crippen LogP contribution in [-0.2, 0) is 4.79 Å². The third-order valence-electron chi connectivity index (χ3n) is 1.65. The van der Waals surface area contributed by atoms with Gasteiger partial charge < -0.3 is 10.1 Å². The van der Waals surface area contributed by atoms with Crippen molar-refractivity contribution in [3.8, 4) is 0 Å². The molecular formula is C9H10N2O3. The summed E-state index contributed by atoms with van der Waals surface area (Å²) < 4.78 is 0. The molecule has 0 radical (unpaired) electrons. The van der Waals surface area contributed by atoms with E-state index in [9.17, 15) is 14.9 Å². The molecule has 0 saturated carbocycles. The fourth-order valence-electron chi connectivity index (χ4n) is 1.00. The second-order valence-corrected chi connectivity index (χ2v) is 2.69. The molecule has 1 rings (SSSR count). The van der Waals surface area contributed by atoms with E-state index in [1.807, 2.05) is 0 Å². The minimum absolute atomic E-state index is 0.0427. The van der Waals surface area contributed by atoms with Crippen molar-refractivity contribution in [2.75, 3.05) is 11.9 Å². The summed E-state index contributed by atoms with van der Waals surface area (Å²) in [6.45, 7) is 0.491. The molecule has 14 heavy (non-hydrogen) atoms. The van der Waals surface area contributed by atoms with Crippen LogP contribution in [0.25, 0.3) is 0 Å². The molecule has 0 aliphatic rings. The molecule has 74 valence electrons. The Labute approximate surface area is 80.9 Å². The minimum atomic E-state index is -0.453. The van der Waals surface area contributed by atoms with Crippen molar-refractivity contribution in [3.63, 3.8) is 0 Å². The van der Waals surface area contributed by atoms with E-state index in [1.165, 1.54) is 12.1 Å². The molecule has 0 amide bonds. The summed E-state index contributed by atoms with van der Waals surface area (Å²) in [6, 6.07) is 6.18. The van der Waals surface area contributed by atoms with Gasteiger partial charge in [-0.25, -0.2) is 0 Å². The van der Waals surface area contributed by atoms with Gasteiger partial charge in [0.1, 0.15) is 6.29 Å². The number of nitro benzene ring substituents is 1. The smallest absolute Gasteiger partial charge is 0.271 e. The molecule has 0 aliphatic carbocycles. The summed E-state index contributed by atoms with van der Waals surface area (Å²) in [6.07, 6.45) is 1.19. The van der Waals surface area contributed by atoms with E-state index in [4.69, 9.17) is 0 Å². The Bertz CT molecular complexity index is 339. The van der Waals surface area contributed by atoms with E-state index in [-0.39, 0.29) is 5.69 Å². The number of nitro groups is 1. The molecule has 0 aromatic heterocycles. The molecule has 0 fully saturated rings. The van der Waals surface area contributed by atoms with Crippen LogP contribution >= 0.6 is 0 Å². The largest absolute Gasteiger partial charge is 0.384 e. The molecule has 5 nitrogen and oxygen atoms in total. The van der Waals surface area contributed by atoms with Crippen molar-refractivity contribution in [1.82, 2.24) is 0 Å². The van der Waals surface area contributed by atoms with Crippen molar-refractivity contribution in [3.05, 3.63) is 34.4 Å². The second kappa shape index (κ2) is 4.96. The molecule has 1 aromatic carbocycles. The van der Waals surface area contributed by atoms with Crippen molar-refractivity contribution >= 4 is 17.7 Å². The van der Waals surface area contributed by atoms with E-state index in [2.05, 4.69) is 5.32 Å². The Morgan fingerprint density at radius 3 is 2.93 bits per heavy atom. The van der Waals surface area contributed by atoms with Gasteiger partial charge in [-0.05, 0) is 6.07 Å². The number of hydrogen-bond acceptors (Lipinski definition) is 4. The number of hydrogen-bond donors (Lipinski definition) is 1. The molecule has 0 bridgehead atoms. The number of rotatable bonds is 5. The fraction of sp³-hybridized carbons (Fsp3) is 0.222. The molecule has 0 atom stereocenters. The second-order valence-electron chi connectivity index (χ2n) is 2.69.